The van der Waals surface area contributed by atoms with Gasteiger partial charge in [0, 0.05) is 6.04 Å². The van der Waals surface area contributed by atoms with Gasteiger partial charge in [0.05, 0.1) is 0 Å². The lowest BCUT2D eigenvalue weighted by Crippen LogP contribution is -2.21. The number of aromatic nitrogens is 2. The molecule has 0 aliphatic heterocycles. The molecule has 0 saturated carbocycles. The highest BCUT2D eigenvalue weighted by Gasteiger charge is 2.10. The quantitative estimate of drug-likeness (QED) is 0.878. The Morgan fingerprint density at radius 3 is 2.80 bits per heavy atom. The van der Waals surface area contributed by atoms with Gasteiger partial charge in [-0.15, -0.1) is 0 Å². The smallest absolute Gasteiger partial charge is 0.165 e. The van der Waals surface area contributed by atoms with Crippen molar-refractivity contribution in [3.05, 3.63) is 41.0 Å². The monoisotopic (exact) mass is 279 g/mol. The van der Waals surface area contributed by atoms with Gasteiger partial charge in [0.2, 0.25) is 0 Å². The normalized spacial score (nSPS) is 12.4. The average Bonchev–Trinajstić information content (AvgIpc) is 2.83. The van der Waals surface area contributed by atoms with E-state index in [0.29, 0.717) is 17.8 Å². The third-order valence-corrected chi connectivity index (χ3v) is 3.13. The summed E-state index contributed by atoms with van der Waals surface area (Å²) in [6, 6.07) is 4.93. The van der Waals surface area contributed by atoms with Gasteiger partial charge in [-0.05, 0) is 37.5 Å². The van der Waals surface area contributed by atoms with E-state index >= 15 is 0 Å². The minimum atomic E-state index is -0.403. The van der Waals surface area contributed by atoms with Gasteiger partial charge in [-0.2, -0.15) is 0 Å². The topological polar surface area (TPSA) is 74.2 Å². The Balaban J connectivity index is 2.01. The van der Waals surface area contributed by atoms with E-state index < -0.39 is 5.82 Å². The highest BCUT2D eigenvalue weighted by atomic mass is 19.1. The Kier molecular flexibility index (Phi) is 4.68. The first-order chi connectivity index (χ1) is 9.60. The Bertz CT molecular complexity index is 571. The number of benzene rings is 1. The summed E-state index contributed by atoms with van der Waals surface area (Å²) < 4.78 is 23.8. The SMILES string of the molecule is CCC(N)Cc1ccc(OCc2nonc2C)c(F)c1. The Morgan fingerprint density at radius 1 is 1.40 bits per heavy atom. The third kappa shape index (κ3) is 3.54. The zero-order chi connectivity index (χ0) is 14.5. The van der Waals surface area contributed by atoms with Crippen molar-refractivity contribution in [2.45, 2.75) is 39.3 Å². The number of ether oxygens (including phenoxy) is 1. The van der Waals surface area contributed by atoms with E-state index in [1.165, 1.54) is 6.07 Å². The maximum Gasteiger partial charge on any atom is 0.165 e. The summed E-state index contributed by atoms with van der Waals surface area (Å²) in [6.45, 7) is 3.88. The number of aryl methyl sites for hydroxylation is 1. The second kappa shape index (κ2) is 6.47. The Morgan fingerprint density at radius 2 is 2.20 bits per heavy atom. The van der Waals surface area contributed by atoms with Gasteiger partial charge in [-0.25, -0.2) is 9.02 Å². The van der Waals surface area contributed by atoms with Crippen LogP contribution in [-0.2, 0) is 13.0 Å². The van der Waals surface area contributed by atoms with E-state index in [1.807, 2.05) is 13.0 Å². The summed E-state index contributed by atoms with van der Waals surface area (Å²) in [7, 11) is 0. The van der Waals surface area contributed by atoms with Crippen molar-refractivity contribution in [1.29, 1.82) is 0 Å². The first kappa shape index (κ1) is 14.5. The molecule has 6 heteroatoms. The van der Waals surface area contributed by atoms with Crippen LogP contribution in [0.3, 0.4) is 0 Å². The van der Waals surface area contributed by atoms with Crippen LogP contribution in [0.4, 0.5) is 4.39 Å². The van der Waals surface area contributed by atoms with Crippen LogP contribution in [0.2, 0.25) is 0 Å². The Hall–Kier alpha value is -1.95. The van der Waals surface area contributed by atoms with E-state index in [-0.39, 0.29) is 18.4 Å². The molecule has 1 atom stereocenters. The van der Waals surface area contributed by atoms with Gasteiger partial charge in [0.1, 0.15) is 18.0 Å². The van der Waals surface area contributed by atoms with Crippen LogP contribution < -0.4 is 10.5 Å². The van der Waals surface area contributed by atoms with E-state index in [9.17, 15) is 4.39 Å². The fourth-order valence-electron chi connectivity index (χ4n) is 1.76. The second-order valence-corrected chi connectivity index (χ2v) is 4.72. The molecule has 1 unspecified atom stereocenters. The van der Waals surface area contributed by atoms with Crippen LogP contribution in [0, 0.1) is 12.7 Å². The van der Waals surface area contributed by atoms with Crippen molar-refractivity contribution in [3.63, 3.8) is 0 Å². The lowest BCUT2D eigenvalue weighted by molar-refractivity contribution is 0.262. The zero-order valence-corrected chi connectivity index (χ0v) is 11.6. The molecule has 0 aliphatic carbocycles. The lowest BCUT2D eigenvalue weighted by Gasteiger charge is -2.10. The van der Waals surface area contributed by atoms with Crippen LogP contribution in [-0.4, -0.2) is 16.4 Å². The van der Waals surface area contributed by atoms with Crippen molar-refractivity contribution in [2.24, 2.45) is 5.73 Å². The van der Waals surface area contributed by atoms with Crippen molar-refractivity contribution in [1.82, 2.24) is 10.3 Å². The molecule has 20 heavy (non-hydrogen) atoms. The summed E-state index contributed by atoms with van der Waals surface area (Å²) >= 11 is 0. The predicted octanol–water partition coefficient (Wildman–Crippen LogP) is 2.38. The molecular weight excluding hydrogens is 261 g/mol. The summed E-state index contributed by atoms with van der Waals surface area (Å²) in [6.07, 6.45) is 1.51. The molecular formula is C14H18FN3O2. The summed E-state index contributed by atoms with van der Waals surface area (Å²) in [5.41, 5.74) is 7.91. The molecule has 1 aromatic carbocycles. The van der Waals surface area contributed by atoms with E-state index in [4.69, 9.17) is 10.5 Å². The van der Waals surface area contributed by atoms with Crippen molar-refractivity contribution >= 4 is 0 Å². The maximum atomic E-state index is 13.9. The molecule has 0 saturated heterocycles. The van der Waals surface area contributed by atoms with Gasteiger partial charge in [0.25, 0.3) is 0 Å². The standard InChI is InChI=1S/C14H18FN3O2/c1-3-11(16)6-10-4-5-14(12(15)7-10)19-8-13-9(2)17-20-18-13/h4-5,7,11H,3,6,8,16H2,1-2H3. The summed E-state index contributed by atoms with van der Waals surface area (Å²) in [5, 5.41) is 7.31. The average molecular weight is 279 g/mol. The second-order valence-electron chi connectivity index (χ2n) is 4.72. The molecule has 0 aliphatic rings. The van der Waals surface area contributed by atoms with Crippen LogP contribution >= 0.6 is 0 Å². The largest absolute Gasteiger partial charge is 0.484 e. The third-order valence-electron chi connectivity index (χ3n) is 3.13. The predicted molar refractivity (Wildman–Crippen MR) is 71.7 cm³/mol. The molecule has 0 amide bonds. The van der Waals surface area contributed by atoms with Gasteiger partial charge in [-0.3, -0.25) is 0 Å². The highest BCUT2D eigenvalue weighted by molar-refractivity contribution is 5.30. The minimum absolute atomic E-state index is 0.0463. The first-order valence-electron chi connectivity index (χ1n) is 6.55. The Labute approximate surface area is 116 Å². The van der Waals surface area contributed by atoms with Crippen LogP contribution in [0.15, 0.2) is 22.8 Å². The van der Waals surface area contributed by atoms with E-state index in [2.05, 4.69) is 14.9 Å². The van der Waals surface area contributed by atoms with Crippen molar-refractivity contribution in [2.75, 3.05) is 0 Å². The molecule has 0 radical (unpaired) electrons. The van der Waals surface area contributed by atoms with Gasteiger partial charge in [0.15, 0.2) is 11.6 Å². The fourth-order valence-corrected chi connectivity index (χ4v) is 1.76. The fraction of sp³-hybridized carbons (Fsp3) is 0.429. The number of hydrogen-bond donors (Lipinski definition) is 1. The lowest BCUT2D eigenvalue weighted by atomic mass is 10.0. The van der Waals surface area contributed by atoms with Crippen molar-refractivity contribution in [3.8, 4) is 5.75 Å². The number of nitrogens with zero attached hydrogens (tertiary/aromatic N) is 2. The molecule has 2 aromatic rings. The summed E-state index contributed by atoms with van der Waals surface area (Å²) in [4.78, 5) is 0. The number of nitrogens with two attached hydrogens (primary N) is 1. The number of rotatable bonds is 6. The molecule has 0 bridgehead atoms. The van der Waals surface area contributed by atoms with Crippen LogP contribution in [0.25, 0.3) is 0 Å². The first-order valence-corrected chi connectivity index (χ1v) is 6.55. The van der Waals surface area contributed by atoms with Gasteiger partial charge in [-0.1, -0.05) is 23.3 Å². The highest BCUT2D eigenvalue weighted by Crippen LogP contribution is 2.20. The molecule has 2 rings (SSSR count). The van der Waals surface area contributed by atoms with Crippen LogP contribution in [0.5, 0.6) is 5.75 Å². The summed E-state index contributed by atoms with van der Waals surface area (Å²) in [5.74, 6) is -0.221. The molecule has 0 fully saturated rings. The molecule has 5 nitrogen and oxygen atoms in total. The number of halogens is 1. The maximum absolute atomic E-state index is 13.9. The molecule has 1 heterocycles. The van der Waals surface area contributed by atoms with Gasteiger partial charge < -0.3 is 10.5 Å². The van der Waals surface area contributed by atoms with Crippen molar-refractivity contribution < 1.29 is 13.8 Å². The number of hydrogen-bond acceptors (Lipinski definition) is 5. The molecule has 1 aromatic heterocycles. The molecule has 2 N–H and O–H groups in total. The van der Waals surface area contributed by atoms with Gasteiger partial charge >= 0.3 is 0 Å². The van der Waals surface area contributed by atoms with E-state index in [0.717, 1.165) is 12.0 Å². The molecule has 0 spiro atoms. The van der Waals surface area contributed by atoms with Crippen LogP contribution in [0.1, 0.15) is 30.3 Å². The minimum Gasteiger partial charge on any atom is -0.484 e. The zero-order valence-electron chi connectivity index (χ0n) is 11.6. The van der Waals surface area contributed by atoms with E-state index in [1.54, 1.807) is 13.0 Å². The molecule has 108 valence electrons.